The van der Waals surface area contributed by atoms with Gasteiger partial charge in [0.25, 0.3) is 0 Å². The van der Waals surface area contributed by atoms with E-state index in [0.29, 0.717) is 17.6 Å². The first-order valence-corrected chi connectivity index (χ1v) is 6.46. The Kier molecular flexibility index (Phi) is 3.82. The van der Waals surface area contributed by atoms with Gasteiger partial charge in [-0.1, -0.05) is 11.6 Å². The summed E-state index contributed by atoms with van der Waals surface area (Å²) in [4.78, 5) is 14.6. The number of nitrogens with zero attached hydrogens (tertiary/aromatic N) is 2. The fourth-order valence-corrected chi connectivity index (χ4v) is 2.89. The first-order chi connectivity index (χ1) is 7.75. The maximum absolute atomic E-state index is 10.4. The monoisotopic (exact) mass is 242 g/mol. The van der Waals surface area contributed by atoms with Crippen LogP contribution in [0.3, 0.4) is 0 Å². The first-order valence-electron chi connectivity index (χ1n) is 5.41. The van der Waals surface area contributed by atoms with Gasteiger partial charge in [0.2, 0.25) is 5.89 Å². The number of thioether (sulfide) groups is 1. The average Bonchev–Trinajstić information content (AvgIpc) is 2.76. The summed E-state index contributed by atoms with van der Waals surface area (Å²) >= 11 is 1.85. The molecule has 1 N–H and O–H groups in total. The van der Waals surface area contributed by atoms with Crippen LogP contribution in [0.4, 0.5) is 0 Å². The van der Waals surface area contributed by atoms with Gasteiger partial charge >= 0.3 is 5.97 Å². The minimum absolute atomic E-state index is 0.0411. The van der Waals surface area contributed by atoms with Crippen molar-refractivity contribution >= 4 is 17.7 Å². The normalized spacial score (nSPS) is 20.9. The average molecular weight is 242 g/mol. The van der Waals surface area contributed by atoms with Crippen LogP contribution in [0.5, 0.6) is 0 Å². The lowest BCUT2D eigenvalue weighted by molar-refractivity contribution is -0.137. The Morgan fingerprint density at radius 3 is 3.12 bits per heavy atom. The zero-order chi connectivity index (χ0) is 11.4. The molecule has 16 heavy (non-hydrogen) atoms. The molecule has 6 heteroatoms. The predicted octanol–water partition coefficient (Wildman–Crippen LogP) is 2.04. The molecule has 5 nitrogen and oxygen atoms in total. The van der Waals surface area contributed by atoms with Crippen molar-refractivity contribution in [3.8, 4) is 0 Å². The molecule has 1 aromatic rings. The predicted molar refractivity (Wildman–Crippen MR) is 59.3 cm³/mol. The van der Waals surface area contributed by atoms with Gasteiger partial charge in [-0.05, 0) is 18.6 Å². The summed E-state index contributed by atoms with van der Waals surface area (Å²) in [5.74, 6) is 1.46. The number of carboxylic acids is 1. The van der Waals surface area contributed by atoms with Gasteiger partial charge in [0.1, 0.15) is 0 Å². The van der Waals surface area contributed by atoms with Gasteiger partial charge < -0.3 is 9.63 Å². The molecule has 0 aromatic carbocycles. The Balaban J connectivity index is 1.93. The number of aryl methyl sites for hydroxylation is 1. The Hall–Kier alpha value is -1.04. The third-order valence-corrected chi connectivity index (χ3v) is 3.88. The molecule has 2 rings (SSSR count). The summed E-state index contributed by atoms with van der Waals surface area (Å²) in [7, 11) is 0. The Morgan fingerprint density at radius 2 is 2.44 bits per heavy atom. The van der Waals surface area contributed by atoms with Crippen molar-refractivity contribution < 1.29 is 14.4 Å². The quantitative estimate of drug-likeness (QED) is 0.870. The zero-order valence-electron chi connectivity index (χ0n) is 8.89. The van der Waals surface area contributed by atoms with Crippen LogP contribution in [0, 0.1) is 0 Å². The van der Waals surface area contributed by atoms with Gasteiger partial charge in [0.05, 0.1) is 11.7 Å². The number of rotatable bonds is 4. The number of hydrogen-bond donors (Lipinski definition) is 1. The van der Waals surface area contributed by atoms with Crippen molar-refractivity contribution in [3.05, 3.63) is 11.7 Å². The summed E-state index contributed by atoms with van der Waals surface area (Å²) in [6.07, 6.45) is 3.91. The van der Waals surface area contributed by atoms with Gasteiger partial charge in [0, 0.05) is 6.42 Å². The van der Waals surface area contributed by atoms with E-state index in [1.165, 1.54) is 12.8 Å². The molecule has 1 fully saturated rings. The molecule has 0 saturated carbocycles. The molecule has 1 unspecified atom stereocenters. The summed E-state index contributed by atoms with van der Waals surface area (Å²) in [6, 6.07) is 0. The molecule has 0 spiro atoms. The number of carbonyl (C=O) groups is 1. The summed E-state index contributed by atoms with van der Waals surface area (Å²) in [6.45, 7) is 0. The minimum Gasteiger partial charge on any atom is -0.481 e. The lowest BCUT2D eigenvalue weighted by atomic mass is 10.2. The lowest BCUT2D eigenvalue weighted by Crippen LogP contribution is -2.04. The highest BCUT2D eigenvalue weighted by molar-refractivity contribution is 7.99. The van der Waals surface area contributed by atoms with Gasteiger partial charge in [-0.2, -0.15) is 16.7 Å². The molecule has 0 aliphatic carbocycles. The van der Waals surface area contributed by atoms with Crippen LogP contribution in [0.25, 0.3) is 0 Å². The van der Waals surface area contributed by atoms with E-state index in [1.54, 1.807) is 0 Å². The van der Waals surface area contributed by atoms with E-state index in [-0.39, 0.29) is 6.42 Å². The standard InChI is InChI=1S/C10H14N2O3S/c13-9(14)5-4-8-11-10(12-15-8)7-3-1-2-6-16-7/h7H,1-6H2,(H,13,14). The highest BCUT2D eigenvalue weighted by Crippen LogP contribution is 2.36. The third kappa shape index (κ3) is 2.98. The fourth-order valence-electron chi connectivity index (χ4n) is 1.66. The number of aromatic nitrogens is 2. The second kappa shape index (κ2) is 5.34. The van der Waals surface area contributed by atoms with E-state index in [0.717, 1.165) is 18.0 Å². The van der Waals surface area contributed by atoms with E-state index in [9.17, 15) is 4.79 Å². The largest absolute Gasteiger partial charge is 0.481 e. The second-order valence-corrected chi connectivity index (χ2v) is 5.11. The fraction of sp³-hybridized carbons (Fsp3) is 0.700. The summed E-state index contributed by atoms with van der Waals surface area (Å²) < 4.78 is 5.03. The molecule has 0 amide bonds. The summed E-state index contributed by atoms with van der Waals surface area (Å²) in [5.41, 5.74) is 0. The van der Waals surface area contributed by atoms with Crippen molar-refractivity contribution in [3.63, 3.8) is 0 Å². The molecular weight excluding hydrogens is 228 g/mol. The smallest absolute Gasteiger partial charge is 0.303 e. The number of aliphatic carboxylic acids is 1. The van der Waals surface area contributed by atoms with E-state index in [2.05, 4.69) is 10.1 Å². The third-order valence-electron chi connectivity index (χ3n) is 2.50. The molecule has 1 aliphatic heterocycles. The SMILES string of the molecule is O=C(O)CCc1nc(C2CCCCS2)no1. The molecule has 1 aliphatic rings. The lowest BCUT2D eigenvalue weighted by Gasteiger charge is -2.17. The maximum atomic E-state index is 10.4. The van der Waals surface area contributed by atoms with E-state index < -0.39 is 5.97 Å². The highest BCUT2D eigenvalue weighted by atomic mass is 32.2. The maximum Gasteiger partial charge on any atom is 0.303 e. The summed E-state index contributed by atoms with van der Waals surface area (Å²) in [5, 5.41) is 12.8. The van der Waals surface area contributed by atoms with E-state index >= 15 is 0 Å². The van der Waals surface area contributed by atoms with Gasteiger partial charge in [-0.3, -0.25) is 4.79 Å². The van der Waals surface area contributed by atoms with Crippen LogP contribution < -0.4 is 0 Å². The van der Waals surface area contributed by atoms with Crippen molar-refractivity contribution in [2.45, 2.75) is 37.4 Å². The van der Waals surface area contributed by atoms with Crippen molar-refractivity contribution in [1.29, 1.82) is 0 Å². The molecule has 1 saturated heterocycles. The van der Waals surface area contributed by atoms with Crippen LogP contribution in [-0.4, -0.2) is 27.0 Å². The highest BCUT2D eigenvalue weighted by Gasteiger charge is 2.21. The van der Waals surface area contributed by atoms with Crippen LogP contribution in [0.2, 0.25) is 0 Å². The van der Waals surface area contributed by atoms with Crippen LogP contribution in [0.15, 0.2) is 4.52 Å². The van der Waals surface area contributed by atoms with Gasteiger partial charge in [-0.15, -0.1) is 0 Å². The molecule has 88 valence electrons. The zero-order valence-corrected chi connectivity index (χ0v) is 9.70. The first kappa shape index (κ1) is 11.4. The van der Waals surface area contributed by atoms with Crippen molar-refractivity contribution in [2.24, 2.45) is 0 Å². The van der Waals surface area contributed by atoms with Crippen LogP contribution in [0.1, 0.15) is 42.6 Å². The van der Waals surface area contributed by atoms with E-state index in [4.69, 9.17) is 9.63 Å². The molecule has 0 bridgehead atoms. The van der Waals surface area contributed by atoms with Gasteiger partial charge in [0.15, 0.2) is 5.82 Å². The Bertz CT molecular complexity index is 361. The Labute approximate surface area is 97.6 Å². The Morgan fingerprint density at radius 1 is 1.56 bits per heavy atom. The number of carboxylic acid groups (broad SMARTS) is 1. The van der Waals surface area contributed by atoms with Gasteiger partial charge in [-0.25, -0.2) is 0 Å². The van der Waals surface area contributed by atoms with Crippen molar-refractivity contribution in [1.82, 2.24) is 10.1 Å². The topological polar surface area (TPSA) is 76.2 Å². The van der Waals surface area contributed by atoms with E-state index in [1.807, 2.05) is 11.8 Å². The minimum atomic E-state index is -0.841. The molecular formula is C10H14N2O3S. The molecule has 2 heterocycles. The second-order valence-electron chi connectivity index (χ2n) is 3.80. The molecule has 1 atom stereocenters. The van der Waals surface area contributed by atoms with Crippen LogP contribution >= 0.6 is 11.8 Å². The molecule has 1 aromatic heterocycles. The van der Waals surface area contributed by atoms with Crippen LogP contribution in [-0.2, 0) is 11.2 Å². The van der Waals surface area contributed by atoms with Crippen molar-refractivity contribution in [2.75, 3.05) is 5.75 Å². The molecule has 0 radical (unpaired) electrons. The number of hydrogen-bond acceptors (Lipinski definition) is 5.